The van der Waals surface area contributed by atoms with Gasteiger partial charge in [-0.1, -0.05) is 40.9 Å². The summed E-state index contributed by atoms with van der Waals surface area (Å²) in [6.07, 6.45) is 8.47. The quantitative estimate of drug-likeness (QED) is 0.889. The Morgan fingerprint density at radius 2 is 1.86 bits per heavy atom. The van der Waals surface area contributed by atoms with Crippen molar-refractivity contribution in [2.24, 2.45) is 5.92 Å². The Hall–Kier alpha value is -0.380. The van der Waals surface area contributed by atoms with Crippen LogP contribution in [-0.4, -0.2) is 29.6 Å². The molecule has 1 spiro atoms. The first-order valence-corrected chi connectivity index (χ1v) is 9.27. The molecule has 1 unspecified atom stereocenters. The van der Waals surface area contributed by atoms with E-state index in [1.54, 1.807) is 0 Å². The van der Waals surface area contributed by atoms with Gasteiger partial charge in [-0.05, 0) is 49.3 Å². The van der Waals surface area contributed by atoms with Crippen LogP contribution < -0.4 is 5.32 Å². The number of piperazine rings is 1. The molecule has 0 aromatic heterocycles. The minimum absolute atomic E-state index is 0.443. The van der Waals surface area contributed by atoms with E-state index in [2.05, 4.69) is 50.4 Å². The third kappa shape index (κ3) is 2.93. The number of nitrogens with one attached hydrogen (secondary N) is 1. The van der Waals surface area contributed by atoms with Crippen molar-refractivity contribution >= 4 is 15.9 Å². The Morgan fingerprint density at radius 3 is 2.52 bits per heavy atom. The van der Waals surface area contributed by atoms with E-state index in [0.29, 0.717) is 5.54 Å². The molecule has 1 saturated heterocycles. The van der Waals surface area contributed by atoms with Crippen LogP contribution in [0, 0.1) is 5.92 Å². The zero-order chi connectivity index (χ0) is 14.3. The average Bonchev–Trinajstić information content (AvgIpc) is 3.24. The number of hydrogen-bond donors (Lipinski definition) is 1. The van der Waals surface area contributed by atoms with Crippen LogP contribution in [-0.2, 0) is 6.54 Å². The van der Waals surface area contributed by atoms with Gasteiger partial charge in [0.15, 0.2) is 0 Å². The third-order valence-electron chi connectivity index (χ3n) is 5.79. The van der Waals surface area contributed by atoms with Gasteiger partial charge in [-0.25, -0.2) is 0 Å². The summed E-state index contributed by atoms with van der Waals surface area (Å²) in [5, 5.41) is 3.89. The maximum atomic E-state index is 3.89. The van der Waals surface area contributed by atoms with Crippen LogP contribution >= 0.6 is 15.9 Å². The lowest BCUT2D eigenvalue weighted by Gasteiger charge is -2.48. The van der Waals surface area contributed by atoms with Gasteiger partial charge in [0.25, 0.3) is 0 Å². The predicted octanol–water partition coefficient (Wildman–Crippen LogP) is 3.95. The lowest BCUT2D eigenvalue weighted by Crippen LogP contribution is -2.63. The lowest BCUT2D eigenvalue weighted by molar-refractivity contribution is 0.0311. The summed E-state index contributed by atoms with van der Waals surface area (Å²) in [5.41, 5.74) is 1.90. The Labute approximate surface area is 136 Å². The summed E-state index contributed by atoms with van der Waals surface area (Å²) < 4.78 is 1.18. The van der Waals surface area contributed by atoms with Crippen LogP contribution in [0.3, 0.4) is 0 Å². The smallest absolute Gasteiger partial charge is 0.0338 e. The molecule has 114 valence electrons. The summed E-state index contributed by atoms with van der Waals surface area (Å²) in [7, 11) is 0. The summed E-state index contributed by atoms with van der Waals surface area (Å²) in [6.45, 7) is 3.59. The fourth-order valence-corrected chi connectivity index (χ4v) is 4.58. The second-order valence-corrected chi connectivity index (χ2v) is 8.18. The third-order valence-corrected chi connectivity index (χ3v) is 6.32. The molecule has 2 aliphatic carbocycles. The molecule has 2 nitrogen and oxygen atoms in total. The molecule has 3 fully saturated rings. The Morgan fingerprint density at radius 1 is 1.14 bits per heavy atom. The number of halogens is 1. The average molecular weight is 349 g/mol. The maximum absolute atomic E-state index is 3.89. The highest BCUT2D eigenvalue weighted by Gasteiger charge is 2.46. The molecule has 3 heteroatoms. The molecule has 1 aromatic carbocycles. The van der Waals surface area contributed by atoms with Crippen LogP contribution in [0.2, 0.25) is 0 Å². The van der Waals surface area contributed by atoms with Gasteiger partial charge in [-0.3, -0.25) is 4.90 Å². The van der Waals surface area contributed by atoms with E-state index in [4.69, 9.17) is 0 Å². The zero-order valence-corrected chi connectivity index (χ0v) is 14.2. The van der Waals surface area contributed by atoms with Crippen molar-refractivity contribution in [1.29, 1.82) is 0 Å². The summed E-state index contributed by atoms with van der Waals surface area (Å²) in [6, 6.07) is 9.66. The summed E-state index contributed by atoms with van der Waals surface area (Å²) >= 11 is 3.54. The lowest BCUT2D eigenvalue weighted by atomic mass is 9.89. The highest BCUT2D eigenvalue weighted by atomic mass is 79.9. The standard InChI is InChI=1S/C18H25BrN2/c19-16-7-3-14(4-8-16)11-21-12-17(15-5-6-15)20-13-18(21)9-1-2-10-18/h3-4,7-8,15,17,20H,1-2,5-6,9-13H2. The normalized spacial score (nSPS) is 29.1. The minimum atomic E-state index is 0.443. The van der Waals surface area contributed by atoms with Crippen LogP contribution in [0.1, 0.15) is 44.1 Å². The van der Waals surface area contributed by atoms with Gasteiger partial charge < -0.3 is 5.32 Å². The van der Waals surface area contributed by atoms with Gasteiger partial charge >= 0.3 is 0 Å². The van der Waals surface area contributed by atoms with E-state index in [9.17, 15) is 0 Å². The Balaban J connectivity index is 1.53. The van der Waals surface area contributed by atoms with Crippen molar-refractivity contribution in [1.82, 2.24) is 10.2 Å². The molecule has 1 N–H and O–H groups in total. The largest absolute Gasteiger partial charge is 0.311 e. The molecule has 3 aliphatic rings. The molecule has 1 aromatic rings. The van der Waals surface area contributed by atoms with Gasteiger partial charge in [0, 0.05) is 35.7 Å². The first kappa shape index (κ1) is 14.2. The molecule has 1 atom stereocenters. The zero-order valence-electron chi connectivity index (χ0n) is 12.7. The number of nitrogens with zero attached hydrogens (tertiary/aromatic N) is 1. The fraction of sp³-hybridized carbons (Fsp3) is 0.667. The van der Waals surface area contributed by atoms with Crippen LogP contribution in [0.5, 0.6) is 0 Å². The van der Waals surface area contributed by atoms with E-state index in [0.717, 1.165) is 18.5 Å². The van der Waals surface area contributed by atoms with Crippen molar-refractivity contribution in [2.75, 3.05) is 13.1 Å². The molecular weight excluding hydrogens is 324 g/mol. The van der Waals surface area contributed by atoms with Crippen LogP contribution in [0.25, 0.3) is 0 Å². The minimum Gasteiger partial charge on any atom is -0.311 e. The fourth-order valence-electron chi connectivity index (χ4n) is 4.31. The van der Waals surface area contributed by atoms with Crippen molar-refractivity contribution < 1.29 is 0 Å². The predicted molar refractivity (Wildman–Crippen MR) is 90.3 cm³/mol. The monoisotopic (exact) mass is 348 g/mol. The van der Waals surface area contributed by atoms with Gasteiger partial charge in [0.1, 0.15) is 0 Å². The van der Waals surface area contributed by atoms with Gasteiger partial charge in [0.2, 0.25) is 0 Å². The number of hydrogen-bond acceptors (Lipinski definition) is 2. The number of rotatable bonds is 3. The second-order valence-electron chi connectivity index (χ2n) is 7.26. The van der Waals surface area contributed by atoms with Gasteiger partial charge in [-0.15, -0.1) is 0 Å². The van der Waals surface area contributed by atoms with Crippen molar-refractivity contribution in [3.05, 3.63) is 34.3 Å². The van der Waals surface area contributed by atoms with Crippen LogP contribution in [0.4, 0.5) is 0 Å². The second kappa shape index (κ2) is 5.68. The molecule has 0 bridgehead atoms. The van der Waals surface area contributed by atoms with Crippen molar-refractivity contribution in [3.8, 4) is 0 Å². The molecule has 21 heavy (non-hydrogen) atoms. The first-order chi connectivity index (χ1) is 10.3. The van der Waals surface area contributed by atoms with E-state index < -0.39 is 0 Å². The number of benzene rings is 1. The molecule has 1 heterocycles. The molecule has 4 rings (SSSR count). The summed E-state index contributed by atoms with van der Waals surface area (Å²) in [4.78, 5) is 2.82. The highest BCUT2D eigenvalue weighted by molar-refractivity contribution is 9.10. The van der Waals surface area contributed by atoms with Crippen molar-refractivity contribution in [2.45, 2.75) is 56.7 Å². The van der Waals surface area contributed by atoms with E-state index >= 15 is 0 Å². The van der Waals surface area contributed by atoms with Crippen molar-refractivity contribution in [3.63, 3.8) is 0 Å². The molecule has 2 saturated carbocycles. The molecule has 0 amide bonds. The van der Waals surface area contributed by atoms with E-state index in [1.165, 1.54) is 61.7 Å². The molecule has 1 aliphatic heterocycles. The van der Waals surface area contributed by atoms with E-state index in [-0.39, 0.29) is 0 Å². The highest BCUT2D eigenvalue weighted by Crippen LogP contribution is 2.41. The SMILES string of the molecule is Brc1ccc(CN2CC(C3CC3)NCC23CCCC3)cc1. The van der Waals surface area contributed by atoms with Gasteiger partial charge in [0.05, 0.1) is 0 Å². The maximum Gasteiger partial charge on any atom is 0.0338 e. The molecular formula is C18H25BrN2. The van der Waals surface area contributed by atoms with Crippen LogP contribution in [0.15, 0.2) is 28.7 Å². The summed E-state index contributed by atoms with van der Waals surface area (Å²) in [5.74, 6) is 0.955. The Bertz CT molecular complexity index is 488. The Kier molecular flexibility index (Phi) is 3.85. The van der Waals surface area contributed by atoms with Gasteiger partial charge in [-0.2, -0.15) is 0 Å². The molecule has 0 radical (unpaired) electrons. The van der Waals surface area contributed by atoms with E-state index in [1.807, 2.05) is 0 Å². The topological polar surface area (TPSA) is 15.3 Å². The first-order valence-electron chi connectivity index (χ1n) is 8.48.